The Balaban J connectivity index is 2.01. The van der Waals surface area contributed by atoms with Crippen molar-refractivity contribution in [3.8, 4) is 0 Å². The third-order valence-corrected chi connectivity index (χ3v) is 3.95. The second-order valence-corrected chi connectivity index (χ2v) is 5.51. The Bertz CT molecular complexity index is 637. The molecule has 1 N–H and O–H groups in total. The Hall–Kier alpha value is -1.80. The van der Waals surface area contributed by atoms with Crippen LogP contribution in [0.3, 0.4) is 0 Å². The number of carbonyl (C=O) groups excluding carboxylic acids is 1. The Morgan fingerprint density at radius 2 is 1.81 bits per heavy atom. The highest BCUT2D eigenvalue weighted by molar-refractivity contribution is 6.31. The van der Waals surface area contributed by atoms with Crippen LogP contribution in [0.4, 0.5) is 5.69 Å². The Labute approximate surface area is 131 Å². The molecule has 0 atom stereocenters. The molecule has 0 aromatic heterocycles. The molecule has 0 fully saturated rings. The van der Waals surface area contributed by atoms with E-state index in [0.29, 0.717) is 12.8 Å². The molecule has 21 heavy (non-hydrogen) atoms. The van der Waals surface area contributed by atoms with Gasteiger partial charge in [-0.15, -0.1) is 0 Å². The highest BCUT2D eigenvalue weighted by Gasteiger charge is 2.09. The minimum Gasteiger partial charge on any atom is -0.326 e. The van der Waals surface area contributed by atoms with E-state index in [1.165, 1.54) is 5.56 Å². The highest BCUT2D eigenvalue weighted by Crippen LogP contribution is 2.22. The largest absolute Gasteiger partial charge is 0.326 e. The molecule has 0 saturated heterocycles. The van der Waals surface area contributed by atoms with E-state index in [0.717, 1.165) is 28.3 Å². The monoisotopic (exact) mass is 301 g/mol. The Kier molecular flexibility index (Phi) is 5.40. The SMILES string of the molecule is CCc1cccc(C)c1NC(=O)CCc1ccccc1Cl. The molecule has 0 aliphatic carbocycles. The average molecular weight is 302 g/mol. The van der Waals surface area contributed by atoms with Crippen molar-refractivity contribution in [2.45, 2.75) is 33.1 Å². The van der Waals surface area contributed by atoms with Crippen LogP contribution in [-0.2, 0) is 17.6 Å². The fourth-order valence-electron chi connectivity index (χ4n) is 2.35. The van der Waals surface area contributed by atoms with Gasteiger partial charge >= 0.3 is 0 Å². The zero-order valence-corrected chi connectivity index (χ0v) is 13.2. The molecule has 0 heterocycles. The van der Waals surface area contributed by atoms with Gasteiger partial charge in [0.2, 0.25) is 5.91 Å². The zero-order chi connectivity index (χ0) is 15.2. The number of halogens is 1. The van der Waals surface area contributed by atoms with Crippen molar-refractivity contribution in [3.63, 3.8) is 0 Å². The van der Waals surface area contributed by atoms with Gasteiger partial charge in [0.15, 0.2) is 0 Å². The molecule has 2 aromatic carbocycles. The first-order valence-electron chi connectivity index (χ1n) is 7.23. The van der Waals surface area contributed by atoms with E-state index >= 15 is 0 Å². The van der Waals surface area contributed by atoms with E-state index in [9.17, 15) is 4.79 Å². The van der Waals surface area contributed by atoms with E-state index in [1.807, 2.05) is 43.3 Å². The van der Waals surface area contributed by atoms with Gasteiger partial charge in [-0.05, 0) is 42.5 Å². The molecule has 0 radical (unpaired) electrons. The van der Waals surface area contributed by atoms with E-state index < -0.39 is 0 Å². The number of carbonyl (C=O) groups is 1. The second-order valence-electron chi connectivity index (χ2n) is 5.10. The Morgan fingerprint density at radius 3 is 2.52 bits per heavy atom. The number of anilines is 1. The standard InChI is InChI=1S/C18H20ClNO/c1-3-14-9-6-7-13(2)18(14)20-17(21)12-11-15-8-4-5-10-16(15)19/h4-10H,3,11-12H2,1-2H3,(H,20,21). The lowest BCUT2D eigenvalue weighted by Crippen LogP contribution is -2.14. The molecule has 2 aromatic rings. The summed E-state index contributed by atoms with van der Waals surface area (Å²) in [7, 11) is 0. The van der Waals surface area contributed by atoms with Crippen molar-refractivity contribution in [1.29, 1.82) is 0 Å². The van der Waals surface area contributed by atoms with Crippen LogP contribution in [0.1, 0.15) is 30.0 Å². The molecule has 0 saturated carbocycles. The maximum atomic E-state index is 12.2. The third-order valence-electron chi connectivity index (χ3n) is 3.58. The van der Waals surface area contributed by atoms with Gasteiger partial charge < -0.3 is 5.32 Å². The Morgan fingerprint density at radius 1 is 1.10 bits per heavy atom. The van der Waals surface area contributed by atoms with Crippen LogP contribution in [0.5, 0.6) is 0 Å². The molecule has 2 nitrogen and oxygen atoms in total. The molecular weight excluding hydrogens is 282 g/mol. The molecule has 0 bridgehead atoms. The van der Waals surface area contributed by atoms with Crippen molar-refractivity contribution in [2.75, 3.05) is 5.32 Å². The molecule has 2 rings (SSSR count). The quantitative estimate of drug-likeness (QED) is 0.846. The summed E-state index contributed by atoms with van der Waals surface area (Å²) in [4.78, 5) is 12.2. The van der Waals surface area contributed by atoms with E-state index in [1.54, 1.807) is 0 Å². The summed E-state index contributed by atoms with van der Waals surface area (Å²) >= 11 is 6.11. The van der Waals surface area contributed by atoms with Gasteiger partial charge in [-0.25, -0.2) is 0 Å². The number of nitrogens with one attached hydrogen (secondary N) is 1. The van der Waals surface area contributed by atoms with E-state index in [4.69, 9.17) is 11.6 Å². The summed E-state index contributed by atoms with van der Waals surface area (Å²) < 4.78 is 0. The number of benzene rings is 2. The fraction of sp³-hybridized carbons (Fsp3) is 0.278. The van der Waals surface area contributed by atoms with Crippen molar-refractivity contribution >= 4 is 23.2 Å². The van der Waals surface area contributed by atoms with Gasteiger partial charge in [-0.2, -0.15) is 0 Å². The van der Waals surface area contributed by atoms with Gasteiger partial charge in [0.25, 0.3) is 0 Å². The second kappa shape index (κ2) is 7.28. The van der Waals surface area contributed by atoms with Crippen LogP contribution in [-0.4, -0.2) is 5.91 Å². The third kappa shape index (κ3) is 4.08. The number of aryl methyl sites for hydroxylation is 3. The molecule has 3 heteroatoms. The molecule has 1 amide bonds. The zero-order valence-electron chi connectivity index (χ0n) is 12.4. The number of amides is 1. The first-order valence-corrected chi connectivity index (χ1v) is 7.61. The minimum absolute atomic E-state index is 0.0268. The molecule has 0 aliphatic heterocycles. The minimum atomic E-state index is 0.0268. The molecule has 0 aliphatic rings. The highest BCUT2D eigenvalue weighted by atomic mass is 35.5. The van der Waals surface area contributed by atoms with E-state index in [-0.39, 0.29) is 5.91 Å². The molecular formula is C18H20ClNO. The lowest BCUT2D eigenvalue weighted by molar-refractivity contribution is -0.116. The molecule has 0 spiro atoms. The fourth-order valence-corrected chi connectivity index (χ4v) is 2.58. The maximum absolute atomic E-state index is 12.2. The molecule has 0 unspecified atom stereocenters. The van der Waals surface area contributed by atoms with Crippen molar-refractivity contribution in [3.05, 3.63) is 64.2 Å². The lowest BCUT2D eigenvalue weighted by atomic mass is 10.1. The lowest BCUT2D eigenvalue weighted by Gasteiger charge is -2.13. The average Bonchev–Trinajstić information content (AvgIpc) is 2.48. The number of hydrogen-bond donors (Lipinski definition) is 1. The van der Waals surface area contributed by atoms with Crippen molar-refractivity contribution < 1.29 is 4.79 Å². The number of hydrogen-bond acceptors (Lipinski definition) is 1. The summed E-state index contributed by atoms with van der Waals surface area (Å²) in [6, 6.07) is 13.7. The summed E-state index contributed by atoms with van der Waals surface area (Å²) in [5, 5.41) is 3.76. The predicted molar refractivity (Wildman–Crippen MR) is 89.0 cm³/mol. The first kappa shape index (κ1) is 15.6. The maximum Gasteiger partial charge on any atom is 0.224 e. The van der Waals surface area contributed by atoms with Crippen molar-refractivity contribution in [2.24, 2.45) is 0 Å². The number of para-hydroxylation sites is 1. The van der Waals surface area contributed by atoms with Crippen LogP contribution in [0.25, 0.3) is 0 Å². The summed E-state index contributed by atoms with van der Waals surface area (Å²) in [6.45, 7) is 4.11. The predicted octanol–water partition coefficient (Wildman–Crippen LogP) is 4.78. The van der Waals surface area contributed by atoms with Crippen LogP contribution in [0, 0.1) is 6.92 Å². The van der Waals surface area contributed by atoms with Crippen LogP contribution in [0.2, 0.25) is 5.02 Å². The first-order chi connectivity index (χ1) is 10.1. The van der Waals surface area contributed by atoms with Crippen molar-refractivity contribution in [1.82, 2.24) is 0 Å². The summed E-state index contributed by atoms with van der Waals surface area (Å²) in [5.74, 6) is 0.0268. The molecule has 110 valence electrons. The van der Waals surface area contributed by atoms with Gasteiger partial charge in [0, 0.05) is 17.1 Å². The summed E-state index contributed by atoms with van der Waals surface area (Å²) in [6.07, 6.45) is 1.99. The number of rotatable bonds is 5. The van der Waals surface area contributed by atoms with Crippen LogP contribution >= 0.6 is 11.6 Å². The van der Waals surface area contributed by atoms with Gasteiger partial charge in [0.05, 0.1) is 0 Å². The van der Waals surface area contributed by atoms with Gasteiger partial charge in [-0.3, -0.25) is 4.79 Å². The summed E-state index contributed by atoms with van der Waals surface area (Å²) in [5.41, 5.74) is 4.22. The normalized spacial score (nSPS) is 10.4. The topological polar surface area (TPSA) is 29.1 Å². The van der Waals surface area contributed by atoms with Crippen LogP contribution in [0.15, 0.2) is 42.5 Å². The van der Waals surface area contributed by atoms with Gasteiger partial charge in [0.1, 0.15) is 0 Å². The smallest absolute Gasteiger partial charge is 0.224 e. The van der Waals surface area contributed by atoms with Crippen LogP contribution < -0.4 is 5.32 Å². The van der Waals surface area contributed by atoms with E-state index in [2.05, 4.69) is 18.3 Å². The van der Waals surface area contributed by atoms with Gasteiger partial charge in [-0.1, -0.05) is 54.9 Å².